The van der Waals surface area contributed by atoms with Gasteiger partial charge in [-0.1, -0.05) is 24.3 Å². The molecule has 0 spiro atoms. The van der Waals surface area contributed by atoms with E-state index in [0.717, 1.165) is 16.6 Å². The van der Waals surface area contributed by atoms with Crippen LogP contribution < -0.4 is 5.32 Å². The molecule has 20 heavy (non-hydrogen) atoms. The summed E-state index contributed by atoms with van der Waals surface area (Å²) in [6.07, 6.45) is 0. The third kappa shape index (κ3) is 4.31. The number of carbonyl (C=O) groups is 1. The van der Waals surface area contributed by atoms with E-state index in [2.05, 4.69) is 10.3 Å². The van der Waals surface area contributed by atoms with Gasteiger partial charge in [0.1, 0.15) is 5.60 Å². The van der Waals surface area contributed by atoms with Crippen LogP contribution >= 0.6 is 0 Å². The minimum absolute atomic E-state index is 0.186. The molecule has 0 saturated carbocycles. The first-order valence-electron chi connectivity index (χ1n) is 6.71. The Morgan fingerprint density at radius 1 is 1.20 bits per heavy atom. The van der Waals surface area contributed by atoms with Crippen molar-refractivity contribution in [3.05, 3.63) is 42.1 Å². The van der Waals surface area contributed by atoms with Gasteiger partial charge in [0.05, 0.1) is 17.8 Å². The average molecular weight is 272 g/mol. The van der Waals surface area contributed by atoms with E-state index in [-0.39, 0.29) is 12.5 Å². The van der Waals surface area contributed by atoms with Crippen molar-refractivity contribution in [1.29, 1.82) is 0 Å². The van der Waals surface area contributed by atoms with E-state index < -0.39 is 5.60 Å². The van der Waals surface area contributed by atoms with Crippen molar-refractivity contribution in [2.24, 2.45) is 0 Å². The highest BCUT2D eigenvalue weighted by atomic mass is 16.6. The van der Waals surface area contributed by atoms with Crippen LogP contribution in [0.1, 0.15) is 26.5 Å². The first-order chi connectivity index (χ1) is 9.44. The molecule has 4 heteroatoms. The second kappa shape index (κ2) is 6.01. The largest absolute Gasteiger partial charge is 0.459 e. The molecule has 2 aromatic rings. The molecule has 0 aliphatic heterocycles. The van der Waals surface area contributed by atoms with E-state index in [9.17, 15) is 4.79 Å². The Balaban J connectivity index is 1.88. The number of pyridine rings is 1. The summed E-state index contributed by atoms with van der Waals surface area (Å²) in [6.45, 7) is 6.30. The number of nitrogens with one attached hydrogen (secondary N) is 1. The van der Waals surface area contributed by atoms with Crippen LogP contribution in [-0.4, -0.2) is 23.1 Å². The molecule has 0 saturated heterocycles. The monoisotopic (exact) mass is 272 g/mol. The smallest absolute Gasteiger partial charge is 0.320 e. The first-order valence-corrected chi connectivity index (χ1v) is 6.71. The highest BCUT2D eigenvalue weighted by molar-refractivity contribution is 5.78. The Hall–Kier alpha value is -1.94. The average Bonchev–Trinajstić information content (AvgIpc) is 2.36. The molecule has 4 nitrogen and oxygen atoms in total. The summed E-state index contributed by atoms with van der Waals surface area (Å²) in [5.74, 6) is -0.252. The zero-order valence-corrected chi connectivity index (χ0v) is 12.1. The van der Waals surface area contributed by atoms with Crippen molar-refractivity contribution < 1.29 is 9.53 Å². The summed E-state index contributed by atoms with van der Waals surface area (Å²) in [7, 11) is 0. The number of hydrogen-bond donors (Lipinski definition) is 1. The van der Waals surface area contributed by atoms with Crippen LogP contribution in [0, 0.1) is 0 Å². The molecule has 0 aliphatic carbocycles. The van der Waals surface area contributed by atoms with Gasteiger partial charge in [0.15, 0.2) is 0 Å². The van der Waals surface area contributed by atoms with E-state index >= 15 is 0 Å². The predicted molar refractivity (Wildman–Crippen MR) is 79.3 cm³/mol. The molecule has 0 atom stereocenters. The van der Waals surface area contributed by atoms with Crippen LogP contribution in [0.25, 0.3) is 10.9 Å². The molecule has 0 bridgehead atoms. The zero-order valence-electron chi connectivity index (χ0n) is 12.1. The maximum atomic E-state index is 11.6. The number of rotatable bonds is 4. The summed E-state index contributed by atoms with van der Waals surface area (Å²) in [4.78, 5) is 16.1. The number of para-hydroxylation sites is 1. The number of fused-ring (bicyclic) bond motifs is 1. The Morgan fingerprint density at radius 2 is 1.95 bits per heavy atom. The standard InChI is InChI=1S/C16H20N2O2/c1-16(2,3)20-15(19)11-17-10-13-9-8-12-6-4-5-7-14(12)18-13/h4-9,17H,10-11H2,1-3H3. The third-order valence-electron chi connectivity index (χ3n) is 2.65. The third-order valence-corrected chi connectivity index (χ3v) is 2.65. The number of hydrogen-bond acceptors (Lipinski definition) is 4. The number of benzene rings is 1. The summed E-state index contributed by atoms with van der Waals surface area (Å²) >= 11 is 0. The SMILES string of the molecule is CC(C)(C)OC(=O)CNCc1ccc2ccccc2n1. The molecule has 0 fully saturated rings. The second-order valence-electron chi connectivity index (χ2n) is 5.69. The zero-order chi connectivity index (χ0) is 14.6. The van der Waals surface area contributed by atoms with E-state index in [1.807, 2.05) is 57.2 Å². The molecule has 1 aromatic heterocycles. The molecular weight excluding hydrogens is 252 g/mol. The molecule has 0 amide bonds. The lowest BCUT2D eigenvalue weighted by Crippen LogP contribution is -2.31. The number of ether oxygens (including phenoxy) is 1. The highest BCUT2D eigenvalue weighted by Gasteiger charge is 2.15. The molecular formula is C16H20N2O2. The van der Waals surface area contributed by atoms with Crippen LogP contribution in [0.3, 0.4) is 0 Å². The maximum absolute atomic E-state index is 11.6. The Labute approximate surface area is 119 Å². The Bertz CT molecular complexity index is 603. The Kier molecular flexibility index (Phi) is 4.35. The molecule has 0 aliphatic rings. The minimum Gasteiger partial charge on any atom is -0.459 e. The number of carbonyl (C=O) groups excluding carboxylic acids is 1. The molecule has 0 unspecified atom stereocenters. The van der Waals surface area contributed by atoms with Gasteiger partial charge in [-0.3, -0.25) is 9.78 Å². The van der Waals surface area contributed by atoms with Crippen LogP contribution in [-0.2, 0) is 16.1 Å². The fraction of sp³-hybridized carbons (Fsp3) is 0.375. The quantitative estimate of drug-likeness (QED) is 0.869. The van der Waals surface area contributed by atoms with Gasteiger partial charge in [-0.25, -0.2) is 0 Å². The topological polar surface area (TPSA) is 51.2 Å². The van der Waals surface area contributed by atoms with Gasteiger partial charge in [0.2, 0.25) is 0 Å². The molecule has 1 aromatic carbocycles. The van der Waals surface area contributed by atoms with Gasteiger partial charge in [-0.15, -0.1) is 0 Å². The van der Waals surface area contributed by atoms with Crippen LogP contribution in [0.15, 0.2) is 36.4 Å². The van der Waals surface area contributed by atoms with E-state index in [0.29, 0.717) is 6.54 Å². The minimum atomic E-state index is -0.444. The van der Waals surface area contributed by atoms with Crippen LogP contribution in [0.5, 0.6) is 0 Å². The summed E-state index contributed by atoms with van der Waals surface area (Å²) in [6, 6.07) is 12.0. The Morgan fingerprint density at radius 3 is 2.70 bits per heavy atom. The molecule has 1 N–H and O–H groups in total. The fourth-order valence-corrected chi connectivity index (χ4v) is 1.88. The second-order valence-corrected chi connectivity index (χ2v) is 5.69. The predicted octanol–water partition coefficient (Wildman–Crippen LogP) is 2.67. The van der Waals surface area contributed by atoms with Gasteiger partial charge in [-0.2, -0.15) is 0 Å². The van der Waals surface area contributed by atoms with Gasteiger partial charge in [0, 0.05) is 11.9 Å². The lowest BCUT2D eigenvalue weighted by molar-refractivity contribution is -0.153. The number of nitrogens with zero attached hydrogens (tertiary/aromatic N) is 1. The molecule has 2 rings (SSSR count). The van der Waals surface area contributed by atoms with Gasteiger partial charge in [-0.05, 0) is 32.9 Å². The lowest BCUT2D eigenvalue weighted by atomic mass is 10.2. The van der Waals surface area contributed by atoms with Gasteiger partial charge < -0.3 is 10.1 Å². The van der Waals surface area contributed by atoms with Crippen molar-refractivity contribution in [1.82, 2.24) is 10.3 Å². The van der Waals surface area contributed by atoms with Crippen molar-refractivity contribution in [2.75, 3.05) is 6.54 Å². The highest BCUT2D eigenvalue weighted by Crippen LogP contribution is 2.11. The summed E-state index contributed by atoms with van der Waals surface area (Å²) in [5, 5.41) is 4.17. The van der Waals surface area contributed by atoms with Crippen LogP contribution in [0.2, 0.25) is 0 Å². The van der Waals surface area contributed by atoms with Gasteiger partial charge >= 0.3 is 5.97 Å². The van der Waals surface area contributed by atoms with Crippen molar-refractivity contribution >= 4 is 16.9 Å². The normalized spacial score (nSPS) is 11.6. The van der Waals surface area contributed by atoms with Crippen molar-refractivity contribution in [3.8, 4) is 0 Å². The summed E-state index contributed by atoms with van der Waals surface area (Å²) in [5.41, 5.74) is 1.43. The van der Waals surface area contributed by atoms with Gasteiger partial charge in [0.25, 0.3) is 0 Å². The molecule has 106 valence electrons. The van der Waals surface area contributed by atoms with Crippen molar-refractivity contribution in [3.63, 3.8) is 0 Å². The molecule has 0 radical (unpaired) electrons. The summed E-state index contributed by atoms with van der Waals surface area (Å²) < 4.78 is 5.22. The first kappa shape index (κ1) is 14.5. The van der Waals surface area contributed by atoms with E-state index in [4.69, 9.17) is 4.74 Å². The fourth-order valence-electron chi connectivity index (χ4n) is 1.88. The van der Waals surface area contributed by atoms with Crippen LogP contribution in [0.4, 0.5) is 0 Å². The van der Waals surface area contributed by atoms with Crippen molar-refractivity contribution in [2.45, 2.75) is 32.9 Å². The number of esters is 1. The lowest BCUT2D eigenvalue weighted by Gasteiger charge is -2.19. The van der Waals surface area contributed by atoms with E-state index in [1.165, 1.54) is 0 Å². The van der Waals surface area contributed by atoms with E-state index in [1.54, 1.807) is 0 Å². The molecule has 1 heterocycles. The maximum Gasteiger partial charge on any atom is 0.320 e. The number of aromatic nitrogens is 1.